The van der Waals surface area contributed by atoms with Crippen molar-refractivity contribution in [3.63, 3.8) is 0 Å². The van der Waals surface area contributed by atoms with Crippen molar-refractivity contribution in [2.75, 3.05) is 0 Å². The first-order valence-corrected chi connectivity index (χ1v) is 13.5. The fourth-order valence-electron chi connectivity index (χ4n) is 8.57. The Balaban J connectivity index is 1.85. The maximum atomic E-state index is 14.1. The quantitative estimate of drug-likeness (QED) is 0.461. The van der Waals surface area contributed by atoms with Gasteiger partial charge in [0.25, 0.3) is 0 Å². The smallest absolute Gasteiger partial charge is 0.306 e. The van der Waals surface area contributed by atoms with Crippen LogP contribution in [0.25, 0.3) is 0 Å². The van der Waals surface area contributed by atoms with E-state index < -0.39 is 62.7 Å². The number of allylic oxidation sites excluding steroid dienone is 3. The Morgan fingerprint density at radius 2 is 1.71 bits per heavy atom. The number of carbonyl (C=O) groups is 5. The average molecular weight is 529 g/mol. The number of carboxylic acids is 1. The molecule has 0 heterocycles. The predicted octanol–water partition coefficient (Wildman–Crippen LogP) is 3.23. The van der Waals surface area contributed by atoms with Gasteiger partial charge in [0.1, 0.15) is 5.78 Å². The van der Waals surface area contributed by atoms with Crippen molar-refractivity contribution in [1.29, 1.82) is 0 Å². The molecule has 0 saturated heterocycles. The minimum atomic E-state index is -2.12. The number of hydrogen-bond acceptors (Lipinski definition) is 7. The number of Topliss-reactive ketones (excluding diaryl/α,β-unsaturated/α-hetero) is 2. The van der Waals surface area contributed by atoms with Crippen LogP contribution in [-0.2, 0) is 24.0 Å². The Bertz CT molecular complexity index is 1210. The van der Waals surface area contributed by atoms with Gasteiger partial charge in [-0.05, 0) is 54.7 Å². The molecule has 0 unspecified atom stereocenters. The molecule has 8 nitrogen and oxygen atoms in total. The third-order valence-electron chi connectivity index (χ3n) is 11.3. The van der Waals surface area contributed by atoms with Crippen LogP contribution in [-0.4, -0.2) is 56.1 Å². The van der Waals surface area contributed by atoms with Gasteiger partial charge in [-0.15, -0.1) is 0 Å². The van der Waals surface area contributed by atoms with Crippen molar-refractivity contribution in [3.05, 3.63) is 23.3 Å². The number of aliphatic hydroxyl groups is 2. The molecule has 3 N–H and O–H groups in total. The number of carboxylic acid groups (broad SMARTS) is 1. The van der Waals surface area contributed by atoms with E-state index in [4.69, 9.17) is 5.11 Å². The molecule has 4 aliphatic rings. The molecule has 208 valence electrons. The Morgan fingerprint density at radius 3 is 2.29 bits per heavy atom. The summed E-state index contributed by atoms with van der Waals surface area (Å²) in [5.41, 5.74) is -5.89. The van der Waals surface area contributed by atoms with Gasteiger partial charge in [-0.3, -0.25) is 24.0 Å². The molecule has 3 fully saturated rings. The zero-order valence-electron chi connectivity index (χ0n) is 23.4. The van der Waals surface area contributed by atoms with E-state index in [1.165, 1.54) is 19.1 Å². The van der Waals surface area contributed by atoms with Crippen LogP contribution in [0.2, 0.25) is 0 Å². The van der Waals surface area contributed by atoms with Gasteiger partial charge < -0.3 is 15.3 Å². The van der Waals surface area contributed by atoms with Crippen molar-refractivity contribution in [3.8, 4) is 0 Å². The van der Waals surface area contributed by atoms with Gasteiger partial charge in [0.2, 0.25) is 0 Å². The fourth-order valence-corrected chi connectivity index (χ4v) is 8.57. The highest BCUT2D eigenvalue weighted by molar-refractivity contribution is 6.06. The maximum Gasteiger partial charge on any atom is 0.306 e. The molecule has 38 heavy (non-hydrogen) atoms. The second-order valence-electron chi connectivity index (χ2n) is 13.4. The normalized spacial score (nSPS) is 43.1. The molecule has 0 aliphatic heterocycles. The third-order valence-corrected chi connectivity index (χ3v) is 11.3. The monoisotopic (exact) mass is 528 g/mol. The summed E-state index contributed by atoms with van der Waals surface area (Å²) in [6.07, 6.45) is 1.98. The van der Waals surface area contributed by atoms with E-state index in [2.05, 4.69) is 0 Å². The molecule has 0 bridgehead atoms. The standard InChI is InChI=1S/C30H40O8/c1-15(10-17(31)11-16(2)25(36)37)18-12-23(34)29(7)28(18,6)22(33)14-20-27(5)9-8-21(32)26(3,4)19(27)13-24(35)30(20,29)38/h10,14,16,18-19,23,34,38H,8-9,11-13H2,1-7H3,(H,36,37)/b15-10+/t16-,18+,19-,23+,27-,28-,29+,30+/m0/s1. The SMILES string of the molecule is C/C(=C\C(=O)C[C@H](C)C(=O)O)[C@H]1C[C@@H](O)[C@@]2(C)[C@]3(O)C(=O)C[C@H]4C(C)(C)C(=O)CC[C@]4(C)C3=CC(=O)[C@]12C. The fraction of sp³-hybridized carbons (Fsp3) is 0.700. The van der Waals surface area contributed by atoms with Gasteiger partial charge in [-0.25, -0.2) is 0 Å². The van der Waals surface area contributed by atoms with Crippen LogP contribution in [0.5, 0.6) is 0 Å². The Kier molecular flexibility index (Phi) is 6.40. The van der Waals surface area contributed by atoms with Crippen LogP contribution in [0.1, 0.15) is 80.6 Å². The number of aliphatic carboxylic acids is 1. The molecule has 0 spiro atoms. The number of hydrogen-bond donors (Lipinski definition) is 3. The van der Waals surface area contributed by atoms with Gasteiger partial charge in [-0.1, -0.05) is 47.1 Å². The van der Waals surface area contributed by atoms with Gasteiger partial charge in [0.15, 0.2) is 23.0 Å². The lowest BCUT2D eigenvalue weighted by atomic mass is 9.39. The van der Waals surface area contributed by atoms with Gasteiger partial charge >= 0.3 is 5.97 Å². The van der Waals surface area contributed by atoms with Gasteiger partial charge in [-0.2, -0.15) is 0 Å². The lowest BCUT2D eigenvalue weighted by molar-refractivity contribution is -0.197. The molecule has 0 radical (unpaired) electrons. The van der Waals surface area contributed by atoms with E-state index in [0.717, 1.165) is 0 Å². The number of rotatable bonds is 5. The van der Waals surface area contributed by atoms with E-state index >= 15 is 0 Å². The van der Waals surface area contributed by atoms with Crippen molar-refractivity contribution in [2.24, 2.45) is 39.4 Å². The molecule has 8 heteroatoms. The van der Waals surface area contributed by atoms with Crippen LogP contribution in [0, 0.1) is 39.4 Å². The first-order chi connectivity index (χ1) is 17.3. The second kappa shape index (κ2) is 8.52. The van der Waals surface area contributed by atoms with Crippen molar-refractivity contribution < 1.29 is 39.3 Å². The van der Waals surface area contributed by atoms with Crippen molar-refractivity contribution in [1.82, 2.24) is 0 Å². The van der Waals surface area contributed by atoms with E-state index in [1.54, 1.807) is 20.8 Å². The first kappa shape index (κ1) is 28.6. The van der Waals surface area contributed by atoms with E-state index in [-0.39, 0.29) is 43.2 Å². The lowest BCUT2D eigenvalue weighted by Crippen LogP contribution is -2.73. The molecule has 4 aliphatic carbocycles. The van der Waals surface area contributed by atoms with Crippen LogP contribution >= 0.6 is 0 Å². The summed E-state index contributed by atoms with van der Waals surface area (Å²) in [6.45, 7) is 11.9. The zero-order valence-corrected chi connectivity index (χ0v) is 23.4. The molecule has 4 rings (SSSR count). The summed E-state index contributed by atoms with van der Waals surface area (Å²) in [4.78, 5) is 64.7. The Morgan fingerprint density at radius 1 is 1.11 bits per heavy atom. The summed E-state index contributed by atoms with van der Waals surface area (Å²) in [6, 6.07) is 0. The molecule has 0 aromatic heterocycles. The largest absolute Gasteiger partial charge is 0.481 e. The van der Waals surface area contributed by atoms with Crippen LogP contribution in [0.3, 0.4) is 0 Å². The van der Waals surface area contributed by atoms with Crippen molar-refractivity contribution >= 4 is 29.1 Å². The Hall–Kier alpha value is -2.45. The molecular formula is C30H40O8. The highest BCUT2D eigenvalue weighted by atomic mass is 16.4. The summed E-state index contributed by atoms with van der Waals surface area (Å²) >= 11 is 0. The first-order valence-electron chi connectivity index (χ1n) is 13.5. The number of ketones is 4. The highest BCUT2D eigenvalue weighted by Crippen LogP contribution is 2.72. The van der Waals surface area contributed by atoms with E-state index in [1.807, 2.05) is 20.8 Å². The molecule has 0 amide bonds. The van der Waals surface area contributed by atoms with E-state index in [0.29, 0.717) is 17.6 Å². The van der Waals surface area contributed by atoms with E-state index in [9.17, 15) is 34.2 Å². The summed E-state index contributed by atoms with van der Waals surface area (Å²) < 4.78 is 0. The van der Waals surface area contributed by atoms with Crippen LogP contribution < -0.4 is 0 Å². The molecule has 0 aromatic rings. The summed E-state index contributed by atoms with van der Waals surface area (Å²) in [5, 5.41) is 33.2. The average Bonchev–Trinajstić information content (AvgIpc) is 3.04. The number of fused-ring (bicyclic) bond motifs is 5. The molecule has 3 saturated carbocycles. The minimum absolute atomic E-state index is 0.0410. The zero-order chi connectivity index (χ0) is 28.8. The van der Waals surface area contributed by atoms with Gasteiger partial charge in [0.05, 0.1) is 12.0 Å². The molecule has 0 aromatic carbocycles. The van der Waals surface area contributed by atoms with Crippen LogP contribution in [0.15, 0.2) is 23.3 Å². The maximum absolute atomic E-state index is 14.1. The Labute approximate surface area is 223 Å². The second-order valence-corrected chi connectivity index (χ2v) is 13.4. The third kappa shape index (κ3) is 3.32. The molecular weight excluding hydrogens is 488 g/mol. The number of aliphatic hydroxyl groups excluding tert-OH is 1. The van der Waals surface area contributed by atoms with Crippen molar-refractivity contribution in [2.45, 2.75) is 92.3 Å². The minimum Gasteiger partial charge on any atom is -0.481 e. The summed E-state index contributed by atoms with van der Waals surface area (Å²) in [5.74, 6) is -4.17. The topological polar surface area (TPSA) is 146 Å². The predicted molar refractivity (Wildman–Crippen MR) is 138 cm³/mol. The molecule has 8 atom stereocenters. The van der Waals surface area contributed by atoms with Crippen LogP contribution in [0.4, 0.5) is 0 Å². The van der Waals surface area contributed by atoms with Gasteiger partial charge in [0, 0.05) is 35.5 Å². The lowest BCUT2D eigenvalue weighted by Gasteiger charge is -2.64. The number of carbonyl (C=O) groups excluding carboxylic acids is 4. The summed E-state index contributed by atoms with van der Waals surface area (Å²) in [7, 11) is 0. The highest BCUT2D eigenvalue weighted by Gasteiger charge is 2.78.